The van der Waals surface area contributed by atoms with Crippen LogP contribution in [0.15, 0.2) is 48.5 Å². The lowest BCUT2D eigenvalue weighted by molar-refractivity contribution is 0.317. The van der Waals surface area contributed by atoms with Gasteiger partial charge in [-0.1, -0.05) is 42.8 Å². The minimum Gasteiger partial charge on any atom is -0.494 e. The van der Waals surface area contributed by atoms with Crippen LogP contribution in [0.4, 0.5) is 5.69 Å². The van der Waals surface area contributed by atoms with Crippen molar-refractivity contribution in [2.24, 2.45) is 0 Å². The monoisotopic (exact) mass is 289 g/mol. The molecule has 0 spiro atoms. The Labute approximate surface area is 125 Å². The van der Waals surface area contributed by atoms with Crippen molar-refractivity contribution >= 4 is 17.3 Å². The van der Waals surface area contributed by atoms with Gasteiger partial charge in [0.15, 0.2) is 0 Å². The predicted molar refractivity (Wildman–Crippen MR) is 85.7 cm³/mol. The van der Waals surface area contributed by atoms with Gasteiger partial charge in [0, 0.05) is 22.8 Å². The van der Waals surface area contributed by atoms with E-state index in [2.05, 4.69) is 19.2 Å². The quantitative estimate of drug-likeness (QED) is 0.779. The molecule has 0 fully saturated rings. The molecule has 3 heteroatoms. The molecule has 2 aromatic rings. The predicted octanol–water partition coefficient (Wildman–Crippen LogP) is 5.30. The fraction of sp³-hybridized carbons (Fsp3) is 0.294. The number of halogens is 1. The molecule has 0 bridgehead atoms. The average molecular weight is 290 g/mol. The minimum absolute atomic E-state index is 0.144. The Morgan fingerprint density at radius 2 is 1.95 bits per heavy atom. The standard InChI is InChI=1S/C17H20ClNO/c1-3-11-20-15-8-6-7-14(12-15)19-13(2)16-9-4-5-10-17(16)18/h4-10,12-13,19H,3,11H2,1-2H3. The zero-order chi connectivity index (χ0) is 14.4. The molecule has 0 aromatic heterocycles. The lowest BCUT2D eigenvalue weighted by Crippen LogP contribution is -2.07. The summed E-state index contributed by atoms with van der Waals surface area (Å²) in [4.78, 5) is 0. The molecule has 20 heavy (non-hydrogen) atoms. The number of hydrogen-bond donors (Lipinski definition) is 1. The first kappa shape index (κ1) is 14.7. The van der Waals surface area contributed by atoms with Gasteiger partial charge in [0.2, 0.25) is 0 Å². The molecule has 0 aliphatic rings. The van der Waals surface area contributed by atoms with E-state index in [1.807, 2.05) is 48.5 Å². The van der Waals surface area contributed by atoms with Crippen LogP contribution in [-0.2, 0) is 0 Å². The van der Waals surface area contributed by atoms with Gasteiger partial charge in [-0.3, -0.25) is 0 Å². The van der Waals surface area contributed by atoms with Crippen molar-refractivity contribution in [1.29, 1.82) is 0 Å². The van der Waals surface area contributed by atoms with E-state index in [4.69, 9.17) is 16.3 Å². The summed E-state index contributed by atoms with van der Waals surface area (Å²) in [5.41, 5.74) is 2.13. The molecule has 0 aliphatic heterocycles. The normalized spacial score (nSPS) is 11.9. The molecule has 106 valence electrons. The van der Waals surface area contributed by atoms with Crippen molar-refractivity contribution in [2.75, 3.05) is 11.9 Å². The van der Waals surface area contributed by atoms with Gasteiger partial charge in [0.1, 0.15) is 5.75 Å². The third kappa shape index (κ3) is 3.91. The van der Waals surface area contributed by atoms with Crippen molar-refractivity contribution in [3.63, 3.8) is 0 Å². The number of nitrogens with one attached hydrogen (secondary N) is 1. The Bertz CT molecular complexity index is 556. The van der Waals surface area contributed by atoms with E-state index >= 15 is 0 Å². The second-order valence-electron chi connectivity index (χ2n) is 4.76. The topological polar surface area (TPSA) is 21.3 Å². The summed E-state index contributed by atoms with van der Waals surface area (Å²) in [6.45, 7) is 4.94. The van der Waals surface area contributed by atoms with Gasteiger partial charge >= 0.3 is 0 Å². The molecule has 1 N–H and O–H groups in total. The van der Waals surface area contributed by atoms with E-state index in [0.717, 1.165) is 35.1 Å². The highest BCUT2D eigenvalue weighted by Gasteiger charge is 2.09. The average Bonchev–Trinajstić information content (AvgIpc) is 2.46. The van der Waals surface area contributed by atoms with Crippen LogP contribution in [0.25, 0.3) is 0 Å². The molecule has 0 heterocycles. The van der Waals surface area contributed by atoms with Gasteiger partial charge in [0.25, 0.3) is 0 Å². The minimum atomic E-state index is 0.144. The van der Waals surface area contributed by atoms with Crippen molar-refractivity contribution in [2.45, 2.75) is 26.3 Å². The fourth-order valence-corrected chi connectivity index (χ4v) is 2.35. The molecule has 2 aromatic carbocycles. The van der Waals surface area contributed by atoms with E-state index < -0.39 is 0 Å². The molecule has 0 saturated carbocycles. The lowest BCUT2D eigenvalue weighted by Gasteiger charge is -2.17. The molecule has 0 radical (unpaired) electrons. The molecule has 2 nitrogen and oxygen atoms in total. The first-order valence-electron chi connectivity index (χ1n) is 6.94. The molecular weight excluding hydrogens is 270 g/mol. The largest absolute Gasteiger partial charge is 0.494 e. The third-order valence-corrected chi connectivity index (χ3v) is 3.41. The lowest BCUT2D eigenvalue weighted by atomic mass is 10.1. The maximum absolute atomic E-state index is 6.22. The van der Waals surface area contributed by atoms with E-state index in [-0.39, 0.29) is 6.04 Å². The van der Waals surface area contributed by atoms with Gasteiger partial charge < -0.3 is 10.1 Å². The number of anilines is 1. The smallest absolute Gasteiger partial charge is 0.121 e. The Balaban J connectivity index is 2.08. The first-order valence-corrected chi connectivity index (χ1v) is 7.32. The number of hydrogen-bond acceptors (Lipinski definition) is 2. The Morgan fingerprint density at radius 1 is 1.15 bits per heavy atom. The van der Waals surface area contributed by atoms with Crippen LogP contribution in [0.1, 0.15) is 31.9 Å². The summed E-state index contributed by atoms with van der Waals surface area (Å²) >= 11 is 6.22. The number of benzene rings is 2. The summed E-state index contributed by atoms with van der Waals surface area (Å²) < 4.78 is 5.64. The van der Waals surface area contributed by atoms with E-state index in [9.17, 15) is 0 Å². The van der Waals surface area contributed by atoms with Crippen LogP contribution in [-0.4, -0.2) is 6.61 Å². The molecule has 0 saturated heterocycles. The highest BCUT2D eigenvalue weighted by Crippen LogP contribution is 2.27. The summed E-state index contributed by atoms with van der Waals surface area (Å²) in [5, 5.41) is 4.23. The highest BCUT2D eigenvalue weighted by molar-refractivity contribution is 6.31. The number of rotatable bonds is 6. The summed E-state index contributed by atoms with van der Waals surface area (Å²) in [5.74, 6) is 0.892. The molecule has 1 unspecified atom stereocenters. The second kappa shape index (κ2) is 7.20. The van der Waals surface area contributed by atoms with Crippen LogP contribution in [0, 0.1) is 0 Å². The molecule has 0 aliphatic carbocycles. The van der Waals surface area contributed by atoms with Gasteiger partial charge in [0.05, 0.1) is 6.61 Å². The first-order chi connectivity index (χ1) is 9.70. The molecule has 2 rings (SSSR count). The van der Waals surface area contributed by atoms with Crippen LogP contribution in [0.2, 0.25) is 5.02 Å². The van der Waals surface area contributed by atoms with Crippen molar-refractivity contribution in [3.05, 3.63) is 59.1 Å². The van der Waals surface area contributed by atoms with Crippen molar-refractivity contribution < 1.29 is 4.74 Å². The van der Waals surface area contributed by atoms with Gasteiger partial charge in [-0.05, 0) is 37.1 Å². The summed E-state index contributed by atoms with van der Waals surface area (Å²) in [6, 6.07) is 16.1. The summed E-state index contributed by atoms with van der Waals surface area (Å²) in [6.07, 6.45) is 1.01. The maximum Gasteiger partial charge on any atom is 0.121 e. The Morgan fingerprint density at radius 3 is 2.70 bits per heavy atom. The third-order valence-electron chi connectivity index (χ3n) is 3.06. The second-order valence-corrected chi connectivity index (χ2v) is 5.17. The highest BCUT2D eigenvalue weighted by atomic mass is 35.5. The Kier molecular flexibility index (Phi) is 5.31. The van der Waals surface area contributed by atoms with Crippen LogP contribution < -0.4 is 10.1 Å². The van der Waals surface area contributed by atoms with Gasteiger partial charge in [-0.15, -0.1) is 0 Å². The zero-order valence-corrected chi connectivity index (χ0v) is 12.7. The van der Waals surface area contributed by atoms with Crippen LogP contribution in [0.5, 0.6) is 5.75 Å². The SMILES string of the molecule is CCCOc1cccc(NC(C)c2ccccc2Cl)c1. The van der Waals surface area contributed by atoms with E-state index in [1.165, 1.54) is 0 Å². The van der Waals surface area contributed by atoms with Crippen molar-refractivity contribution in [1.82, 2.24) is 0 Å². The molecule has 1 atom stereocenters. The zero-order valence-electron chi connectivity index (χ0n) is 11.9. The molecular formula is C17H20ClNO. The maximum atomic E-state index is 6.22. The summed E-state index contributed by atoms with van der Waals surface area (Å²) in [7, 11) is 0. The molecule has 0 amide bonds. The fourth-order valence-electron chi connectivity index (χ4n) is 2.05. The van der Waals surface area contributed by atoms with Crippen molar-refractivity contribution in [3.8, 4) is 5.75 Å². The van der Waals surface area contributed by atoms with E-state index in [0.29, 0.717) is 0 Å². The van der Waals surface area contributed by atoms with Gasteiger partial charge in [-0.25, -0.2) is 0 Å². The van der Waals surface area contributed by atoms with Crippen LogP contribution >= 0.6 is 11.6 Å². The Hall–Kier alpha value is -1.67. The van der Waals surface area contributed by atoms with E-state index in [1.54, 1.807) is 0 Å². The van der Waals surface area contributed by atoms with Crippen LogP contribution in [0.3, 0.4) is 0 Å². The van der Waals surface area contributed by atoms with Gasteiger partial charge in [-0.2, -0.15) is 0 Å². The number of ether oxygens (including phenoxy) is 1.